The molecule has 0 aliphatic heterocycles. The van der Waals surface area contributed by atoms with Gasteiger partial charge in [-0.2, -0.15) is 0 Å². The summed E-state index contributed by atoms with van der Waals surface area (Å²) in [4.78, 5) is 2.46. The topological polar surface area (TPSA) is 29.5 Å². The molecule has 0 spiro atoms. The Morgan fingerprint density at radius 2 is 1.26 bits per heavy atom. The van der Waals surface area contributed by atoms with Crippen molar-refractivity contribution in [3.8, 4) is 22.3 Å². The minimum Gasteiger partial charge on any atom is -0.460 e. The molecule has 3 heterocycles. The van der Waals surface area contributed by atoms with E-state index < -0.39 is 0 Å². The molecule has 13 rings (SSSR count). The number of furan rings is 2. The number of rotatable bonds is 5. The molecule has 0 saturated heterocycles. The summed E-state index contributed by atoms with van der Waals surface area (Å²) in [5.41, 5.74) is 11.9. The van der Waals surface area contributed by atoms with E-state index in [1.54, 1.807) is 0 Å². The van der Waals surface area contributed by atoms with Crippen LogP contribution in [-0.2, 0) is 0 Å². The van der Waals surface area contributed by atoms with Crippen LogP contribution < -0.4 is 4.90 Å². The molecule has 0 bridgehead atoms. The molecule has 1 aliphatic carbocycles. The van der Waals surface area contributed by atoms with Crippen LogP contribution in [0.3, 0.4) is 0 Å². The summed E-state index contributed by atoms with van der Waals surface area (Å²) in [6, 6.07) is 64.2. The van der Waals surface area contributed by atoms with Gasteiger partial charge in [0.05, 0.1) is 11.4 Å². The van der Waals surface area contributed by atoms with Gasteiger partial charge >= 0.3 is 0 Å². The second kappa shape index (κ2) is 13.3. The second-order valence-electron chi connectivity index (χ2n) is 16.4. The van der Waals surface area contributed by atoms with E-state index in [0.717, 1.165) is 78.7 Å². The van der Waals surface area contributed by atoms with Crippen LogP contribution in [0.4, 0.5) is 17.1 Å². The lowest BCUT2D eigenvalue weighted by Crippen LogP contribution is -2.11. The molecule has 61 heavy (non-hydrogen) atoms. The van der Waals surface area contributed by atoms with Crippen LogP contribution in [0.15, 0.2) is 191 Å². The van der Waals surface area contributed by atoms with E-state index in [-0.39, 0.29) is 0 Å². The van der Waals surface area contributed by atoms with Crippen molar-refractivity contribution in [1.29, 1.82) is 0 Å². The predicted octanol–water partition coefficient (Wildman–Crippen LogP) is 17.3. The zero-order valence-electron chi connectivity index (χ0n) is 33.4. The van der Waals surface area contributed by atoms with Gasteiger partial charge in [0.1, 0.15) is 22.5 Å². The summed E-state index contributed by atoms with van der Waals surface area (Å²) >= 11 is 1.85. The van der Waals surface area contributed by atoms with E-state index in [2.05, 4.69) is 200 Å². The van der Waals surface area contributed by atoms with Crippen molar-refractivity contribution in [3.05, 3.63) is 193 Å². The van der Waals surface area contributed by atoms with E-state index in [9.17, 15) is 0 Å². The number of allylic oxidation sites excluding steroid dienone is 1. The largest absolute Gasteiger partial charge is 0.460 e. The van der Waals surface area contributed by atoms with Crippen molar-refractivity contribution in [3.63, 3.8) is 0 Å². The van der Waals surface area contributed by atoms with Crippen molar-refractivity contribution < 1.29 is 8.83 Å². The normalized spacial score (nSPS) is 14.0. The number of benzene rings is 9. The van der Waals surface area contributed by atoms with Gasteiger partial charge in [0, 0.05) is 64.3 Å². The van der Waals surface area contributed by atoms with Gasteiger partial charge in [-0.05, 0) is 106 Å². The first kappa shape index (κ1) is 34.5. The summed E-state index contributed by atoms with van der Waals surface area (Å²) in [5, 5.41) is 10.5. The fourth-order valence-electron chi connectivity index (χ4n) is 9.91. The SMILES string of the molecule is CC1CC=Cc2c1oc1ccc(-c3ccc4oc5c(ccc6cccc(N(c7ccc8sc9ccccc9c8c7)c7ccc(-c8ccccc8)c8ccccc78)c65)c4c3)cc21. The molecular weight excluding hydrogens is 763 g/mol. The van der Waals surface area contributed by atoms with E-state index >= 15 is 0 Å². The number of thiophene rings is 1. The summed E-state index contributed by atoms with van der Waals surface area (Å²) in [5.74, 6) is 1.47. The number of nitrogens with zero attached hydrogens (tertiary/aromatic N) is 1. The quantitative estimate of drug-likeness (QED) is 0.174. The Kier molecular flexibility index (Phi) is 7.52. The second-order valence-corrected chi connectivity index (χ2v) is 17.5. The van der Waals surface area contributed by atoms with Crippen LogP contribution in [-0.4, -0.2) is 0 Å². The molecule has 1 aliphatic rings. The van der Waals surface area contributed by atoms with E-state index in [0.29, 0.717) is 5.92 Å². The highest BCUT2D eigenvalue weighted by atomic mass is 32.1. The number of hydrogen-bond donors (Lipinski definition) is 0. The van der Waals surface area contributed by atoms with Gasteiger partial charge in [0.2, 0.25) is 0 Å². The highest BCUT2D eigenvalue weighted by molar-refractivity contribution is 7.25. The van der Waals surface area contributed by atoms with Crippen LogP contribution in [0.2, 0.25) is 0 Å². The highest BCUT2D eigenvalue weighted by Gasteiger charge is 2.24. The molecule has 9 aromatic carbocycles. The molecular formula is C57H37NO2S. The first-order valence-corrected chi connectivity index (χ1v) is 21.9. The van der Waals surface area contributed by atoms with Gasteiger partial charge in [-0.25, -0.2) is 0 Å². The Balaban J connectivity index is 1.04. The first-order chi connectivity index (χ1) is 30.1. The average Bonchev–Trinajstić information content (AvgIpc) is 4.01. The van der Waals surface area contributed by atoms with Crippen molar-refractivity contribution in [1.82, 2.24) is 0 Å². The minimum absolute atomic E-state index is 0.380. The van der Waals surface area contributed by atoms with Gasteiger partial charge in [-0.1, -0.05) is 128 Å². The van der Waals surface area contributed by atoms with Crippen LogP contribution in [0, 0.1) is 0 Å². The molecule has 0 amide bonds. The molecule has 1 atom stereocenters. The predicted molar refractivity (Wildman–Crippen MR) is 259 cm³/mol. The number of fused-ring (bicyclic) bond motifs is 12. The maximum absolute atomic E-state index is 6.99. The summed E-state index contributed by atoms with van der Waals surface area (Å²) in [6.07, 6.45) is 5.50. The van der Waals surface area contributed by atoms with Crippen LogP contribution in [0.1, 0.15) is 30.6 Å². The Hall–Kier alpha value is -7.40. The fourth-order valence-corrected chi connectivity index (χ4v) is 11.0. The molecule has 3 nitrogen and oxygen atoms in total. The molecule has 0 fully saturated rings. The van der Waals surface area contributed by atoms with Gasteiger partial charge in [0.15, 0.2) is 0 Å². The van der Waals surface area contributed by atoms with Gasteiger partial charge < -0.3 is 13.7 Å². The molecule has 4 heteroatoms. The van der Waals surface area contributed by atoms with Crippen LogP contribution in [0.25, 0.3) is 103 Å². The van der Waals surface area contributed by atoms with E-state index in [1.807, 2.05) is 11.3 Å². The summed E-state index contributed by atoms with van der Waals surface area (Å²) in [7, 11) is 0. The van der Waals surface area contributed by atoms with Gasteiger partial charge in [-0.3, -0.25) is 0 Å². The molecule has 1 unspecified atom stereocenters. The third-order valence-corrected chi connectivity index (χ3v) is 14.0. The number of hydrogen-bond acceptors (Lipinski definition) is 4. The summed E-state index contributed by atoms with van der Waals surface area (Å²) in [6.45, 7) is 2.24. The van der Waals surface area contributed by atoms with Crippen molar-refractivity contribution in [2.45, 2.75) is 19.3 Å². The summed E-state index contributed by atoms with van der Waals surface area (Å²) < 4.78 is 15.9. The van der Waals surface area contributed by atoms with Crippen LogP contribution in [0.5, 0.6) is 0 Å². The monoisotopic (exact) mass is 799 g/mol. The van der Waals surface area contributed by atoms with E-state index in [1.165, 1.54) is 53.0 Å². The number of anilines is 3. The molecule has 0 radical (unpaired) electrons. The van der Waals surface area contributed by atoms with Crippen molar-refractivity contribution >= 4 is 109 Å². The third-order valence-electron chi connectivity index (χ3n) is 12.9. The third kappa shape index (κ3) is 5.29. The van der Waals surface area contributed by atoms with Gasteiger partial charge in [-0.15, -0.1) is 11.3 Å². The van der Waals surface area contributed by atoms with Crippen LogP contribution >= 0.6 is 11.3 Å². The lowest BCUT2D eigenvalue weighted by molar-refractivity contribution is 0.504. The lowest BCUT2D eigenvalue weighted by Gasteiger charge is -2.29. The van der Waals surface area contributed by atoms with Gasteiger partial charge in [0.25, 0.3) is 0 Å². The first-order valence-electron chi connectivity index (χ1n) is 21.0. The van der Waals surface area contributed by atoms with Crippen molar-refractivity contribution in [2.75, 3.05) is 4.90 Å². The highest BCUT2D eigenvalue weighted by Crippen LogP contribution is 2.49. The Morgan fingerprint density at radius 1 is 0.508 bits per heavy atom. The Labute approximate surface area is 356 Å². The lowest BCUT2D eigenvalue weighted by atomic mass is 9.93. The zero-order chi connectivity index (χ0) is 40.2. The zero-order valence-corrected chi connectivity index (χ0v) is 34.2. The fraction of sp³-hybridized carbons (Fsp3) is 0.0526. The smallest absolute Gasteiger partial charge is 0.145 e. The van der Waals surface area contributed by atoms with E-state index in [4.69, 9.17) is 8.83 Å². The maximum Gasteiger partial charge on any atom is 0.145 e. The maximum atomic E-state index is 6.99. The molecule has 0 N–H and O–H groups in total. The average molecular weight is 800 g/mol. The Bertz CT molecular complexity index is 3770. The molecule has 3 aromatic heterocycles. The standard InChI is InChI=1S/C57H37NO2S/c1-34-11-9-18-44-46-31-37(22-28-51(46)59-56(34)44)38-23-29-52-47(32-38)45-25-21-36-14-10-19-50(55(36)57(45)60-52)58(39-24-30-54-48(33-39)43-17-7-8-20-53(43)61-54)49-27-26-40(35-12-3-2-4-13-35)41-15-5-6-16-42(41)49/h2-10,12-34H,11H2,1H3. The molecule has 288 valence electrons. The van der Waals surface area contributed by atoms with Crippen molar-refractivity contribution in [2.24, 2.45) is 0 Å². The molecule has 0 saturated carbocycles. The minimum atomic E-state index is 0.380. The Morgan fingerprint density at radius 3 is 2.13 bits per heavy atom. The molecule has 12 aromatic rings.